The summed E-state index contributed by atoms with van der Waals surface area (Å²) in [4.78, 5) is 65.3. The first kappa shape index (κ1) is 37.3. The van der Waals surface area contributed by atoms with Gasteiger partial charge in [-0.25, -0.2) is 0 Å². The Hall–Kier alpha value is -2.69. The van der Waals surface area contributed by atoms with Crippen molar-refractivity contribution in [3.8, 4) is 0 Å². The number of carbonyl (C=O) groups is 5. The minimum Gasteiger partial charge on any atom is -0.462 e. The van der Waals surface area contributed by atoms with Crippen molar-refractivity contribution in [3.63, 3.8) is 0 Å². The fourth-order valence-corrected chi connectivity index (χ4v) is 3.07. The lowest BCUT2D eigenvalue weighted by molar-refractivity contribution is -0.306. The Balaban J connectivity index is 3.82. The molecule has 0 aliphatic carbocycles. The molecule has 0 aromatic rings. The van der Waals surface area contributed by atoms with E-state index in [-0.39, 0.29) is 0 Å². The number of carbonyl (C=O) groups excluding carboxylic acids is 5. The van der Waals surface area contributed by atoms with Crippen LogP contribution in [0.2, 0.25) is 0 Å². The summed E-state index contributed by atoms with van der Waals surface area (Å²) in [5, 5.41) is 0. The fourth-order valence-electron chi connectivity index (χ4n) is 3.07. The van der Waals surface area contributed by atoms with E-state index in [1.165, 1.54) is 0 Å². The monoisotopic (exact) mass is 600 g/mol. The van der Waals surface area contributed by atoms with Gasteiger partial charge >= 0.3 is 29.8 Å². The second-order valence-electron chi connectivity index (χ2n) is 15.9. The van der Waals surface area contributed by atoms with E-state index in [9.17, 15) is 24.0 Å². The number of rotatable bonds is 6. The molecule has 11 heteroatoms. The highest BCUT2D eigenvalue weighted by Gasteiger charge is 2.56. The minimum absolute atomic E-state index is 0.439. The molecular formula is C31H52O11. The minimum atomic E-state index is -1.59. The summed E-state index contributed by atoms with van der Waals surface area (Å²) in [5.41, 5.74) is -4.86. The summed E-state index contributed by atoms with van der Waals surface area (Å²) in [6.45, 7) is 24.1. The average molecular weight is 601 g/mol. The predicted molar refractivity (Wildman–Crippen MR) is 153 cm³/mol. The first-order valence-corrected chi connectivity index (χ1v) is 14.2. The summed E-state index contributed by atoms with van der Waals surface area (Å²) in [7, 11) is 0. The maximum Gasteiger partial charge on any atom is 0.313 e. The highest BCUT2D eigenvalue weighted by Crippen LogP contribution is 2.35. The molecule has 0 amide bonds. The van der Waals surface area contributed by atoms with E-state index >= 15 is 0 Å². The first-order chi connectivity index (χ1) is 18.6. The van der Waals surface area contributed by atoms with Crippen molar-refractivity contribution < 1.29 is 52.4 Å². The van der Waals surface area contributed by atoms with E-state index in [0.29, 0.717) is 0 Å². The Morgan fingerprint density at radius 1 is 0.452 bits per heavy atom. The van der Waals surface area contributed by atoms with Crippen LogP contribution in [0.4, 0.5) is 0 Å². The SMILES string of the molecule is CC(C)(C)C(=O)OC[C@H]1O[C@@H](OC(=O)C(C)(C)C)[C@@H](OC(=O)C(C)(C)C)[C@@H](OC(=O)C(C)(C)C)[C@@H]1OC(=O)C(C)(C)C. The zero-order chi connectivity index (χ0) is 33.2. The Morgan fingerprint density at radius 2 is 0.762 bits per heavy atom. The molecule has 0 N–H and O–H groups in total. The molecule has 42 heavy (non-hydrogen) atoms. The summed E-state index contributed by atoms with van der Waals surface area (Å²) < 4.78 is 34.9. The molecule has 1 aliphatic heterocycles. The van der Waals surface area contributed by atoms with Gasteiger partial charge in [-0.05, 0) is 104 Å². The third-order valence-electron chi connectivity index (χ3n) is 5.98. The van der Waals surface area contributed by atoms with Crippen molar-refractivity contribution in [2.75, 3.05) is 6.61 Å². The number of hydrogen-bond acceptors (Lipinski definition) is 11. The summed E-state index contributed by atoms with van der Waals surface area (Å²) in [6, 6.07) is 0. The third kappa shape index (κ3) is 10.5. The lowest BCUT2D eigenvalue weighted by Gasteiger charge is -2.45. The Kier molecular flexibility index (Phi) is 11.5. The molecule has 242 valence electrons. The molecule has 0 unspecified atom stereocenters. The van der Waals surface area contributed by atoms with E-state index in [2.05, 4.69) is 0 Å². The van der Waals surface area contributed by atoms with E-state index in [4.69, 9.17) is 28.4 Å². The van der Waals surface area contributed by atoms with E-state index in [0.717, 1.165) is 0 Å². The molecule has 1 heterocycles. The average Bonchev–Trinajstić information content (AvgIpc) is 2.77. The number of esters is 5. The van der Waals surface area contributed by atoms with Crippen molar-refractivity contribution in [1.29, 1.82) is 0 Å². The molecule has 0 spiro atoms. The molecule has 0 saturated carbocycles. The van der Waals surface area contributed by atoms with Gasteiger partial charge < -0.3 is 28.4 Å². The number of hydrogen-bond donors (Lipinski definition) is 0. The molecule has 1 aliphatic rings. The van der Waals surface area contributed by atoms with Crippen molar-refractivity contribution in [1.82, 2.24) is 0 Å². The Bertz CT molecular complexity index is 1010. The molecule has 0 aromatic carbocycles. The number of ether oxygens (including phenoxy) is 6. The zero-order valence-electron chi connectivity index (χ0n) is 28.1. The van der Waals surface area contributed by atoms with E-state index in [1.807, 2.05) is 0 Å². The van der Waals surface area contributed by atoms with Crippen LogP contribution >= 0.6 is 0 Å². The quantitative estimate of drug-likeness (QED) is 0.308. The smallest absolute Gasteiger partial charge is 0.313 e. The maximum atomic E-state index is 13.2. The van der Waals surface area contributed by atoms with Gasteiger partial charge in [0.2, 0.25) is 12.4 Å². The fraction of sp³-hybridized carbons (Fsp3) is 0.839. The van der Waals surface area contributed by atoms with Crippen LogP contribution in [0, 0.1) is 27.1 Å². The second-order valence-corrected chi connectivity index (χ2v) is 15.9. The van der Waals surface area contributed by atoms with Gasteiger partial charge in [-0.1, -0.05) is 0 Å². The van der Waals surface area contributed by atoms with Gasteiger partial charge in [0.25, 0.3) is 0 Å². The first-order valence-electron chi connectivity index (χ1n) is 14.2. The van der Waals surface area contributed by atoms with Crippen molar-refractivity contribution in [3.05, 3.63) is 0 Å². The molecule has 0 radical (unpaired) electrons. The Labute approximate surface area is 250 Å². The maximum absolute atomic E-state index is 13.2. The van der Waals surface area contributed by atoms with Gasteiger partial charge in [-0.2, -0.15) is 0 Å². The van der Waals surface area contributed by atoms with Crippen LogP contribution < -0.4 is 0 Å². The van der Waals surface area contributed by atoms with Gasteiger partial charge in [0, 0.05) is 0 Å². The summed E-state index contributed by atoms with van der Waals surface area (Å²) >= 11 is 0. The third-order valence-corrected chi connectivity index (χ3v) is 5.98. The van der Waals surface area contributed by atoms with E-state index in [1.54, 1.807) is 104 Å². The van der Waals surface area contributed by atoms with Gasteiger partial charge in [0.05, 0.1) is 27.1 Å². The molecule has 1 fully saturated rings. The molecule has 0 aromatic heterocycles. The molecule has 11 nitrogen and oxygen atoms in total. The van der Waals surface area contributed by atoms with Crippen LogP contribution in [0.1, 0.15) is 104 Å². The van der Waals surface area contributed by atoms with Crippen molar-refractivity contribution in [2.24, 2.45) is 27.1 Å². The van der Waals surface area contributed by atoms with Crippen molar-refractivity contribution >= 4 is 29.8 Å². The van der Waals surface area contributed by atoms with Crippen LogP contribution in [-0.2, 0) is 52.4 Å². The van der Waals surface area contributed by atoms with Crippen LogP contribution in [0.5, 0.6) is 0 Å². The van der Waals surface area contributed by atoms with Gasteiger partial charge in [0.15, 0.2) is 12.2 Å². The zero-order valence-corrected chi connectivity index (χ0v) is 28.1. The van der Waals surface area contributed by atoms with Gasteiger partial charge in [-0.3, -0.25) is 24.0 Å². The summed E-state index contributed by atoms with van der Waals surface area (Å²) in [5.74, 6) is -3.34. The van der Waals surface area contributed by atoms with Crippen LogP contribution in [0.25, 0.3) is 0 Å². The topological polar surface area (TPSA) is 141 Å². The molecule has 5 atom stereocenters. The largest absolute Gasteiger partial charge is 0.462 e. The molecular weight excluding hydrogens is 548 g/mol. The molecule has 1 rings (SSSR count). The van der Waals surface area contributed by atoms with Crippen LogP contribution in [0.3, 0.4) is 0 Å². The van der Waals surface area contributed by atoms with Gasteiger partial charge in [-0.15, -0.1) is 0 Å². The predicted octanol–water partition coefficient (Wildman–Crippen LogP) is 4.76. The lowest BCUT2D eigenvalue weighted by Crippen LogP contribution is -2.64. The normalized spacial score (nSPS) is 23.8. The second kappa shape index (κ2) is 12.9. The molecule has 1 saturated heterocycles. The highest BCUT2D eigenvalue weighted by molar-refractivity contribution is 5.78. The van der Waals surface area contributed by atoms with Crippen LogP contribution in [0.15, 0.2) is 0 Å². The van der Waals surface area contributed by atoms with Crippen molar-refractivity contribution in [2.45, 2.75) is 135 Å². The highest BCUT2D eigenvalue weighted by atomic mass is 16.7. The van der Waals surface area contributed by atoms with E-state index < -0.39 is 94.2 Å². The lowest BCUT2D eigenvalue weighted by atomic mass is 9.92. The van der Waals surface area contributed by atoms with Crippen LogP contribution in [-0.4, -0.2) is 67.2 Å². The molecule has 0 bridgehead atoms. The Morgan fingerprint density at radius 3 is 1.12 bits per heavy atom. The summed E-state index contributed by atoms with van der Waals surface area (Å²) in [6.07, 6.45) is -7.27. The van der Waals surface area contributed by atoms with Gasteiger partial charge in [0.1, 0.15) is 12.7 Å². The standard InChI is InChI=1S/C31H52O11/c1-27(2,3)22(32)37-16-17-18(39-23(33)28(4,5)6)19(40-24(34)29(7,8)9)20(41-25(35)30(10,11)12)21(38-17)42-26(36)31(13,14)15/h17-21H,16H2,1-15H3/t17-,18-,19+,20+,21+/m1/s1.